The van der Waals surface area contributed by atoms with Crippen molar-refractivity contribution in [2.75, 3.05) is 36.9 Å². The molecule has 0 aliphatic carbocycles. The lowest BCUT2D eigenvalue weighted by Crippen LogP contribution is -2.42. The number of carbonyl (C=O) groups excluding carboxylic acids is 1. The summed E-state index contributed by atoms with van der Waals surface area (Å²) >= 11 is 10.5. The summed E-state index contributed by atoms with van der Waals surface area (Å²) in [5.74, 6) is -2.00. The topological polar surface area (TPSA) is 128 Å². The summed E-state index contributed by atoms with van der Waals surface area (Å²) in [4.78, 5) is 37.6. The molecule has 2 amide bonds. The van der Waals surface area contributed by atoms with E-state index in [9.17, 15) is 19.5 Å². The molecule has 38 heavy (non-hydrogen) atoms. The number of rotatable bonds is 9. The van der Waals surface area contributed by atoms with E-state index in [0.29, 0.717) is 39.1 Å². The van der Waals surface area contributed by atoms with Gasteiger partial charge in [-0.15, -0.1) is 11.3 Å². The summed E-state index contributed by atoms with van der Waals surface area (Å²) in [6, 6.07) is 14.5. The van der Waals surface area contributed by atoms with Crippen LogP contribution in [0.4, 0.5) is 16.2 Å². The minimum atomic E-state index is -1.20. The number of ether oxygens (including phenoxy) is 1. The first-order valence-corrected chi connectivity index (χ1v) is 13.8. The van der Waals surface area contributed by atoms with Crippen molar-refractivity contribution in [2.24, 2.45) is 5.92 Å². The van der Waals surface area contributed by atoms with Gasteiger partial charge in [-0.25, -0.2) is 14.4 Å². The number of halogens is 2. The first-order valence-electron chi connectivity index (χ1n) is 11.8. The van der Waals surface area contributed by atoms with Gasteiger partial charge < -0.3 is 30.5 Å². The zero-order valence-electron chi connectivity index (χ0n) is 20.1. The number of anilines is 2. The van der Waals surface area contributed by atoms with Crippen molar-refractivity contribution in [3.05, 3.63) is 62.9 Å². The van der Waals surface area contributed by atoms with E-state index in [0.717, 1.165) is 42.0 Å². The van der Waals surface area contributed by atoms with Gasteiger partial charge >= 0.3 is 18.0 Å². The van der Waals surface area contributed by atoms with E-state index in [1.165, 1.54) is 0 Å². The highest BCUT2D eigenvalue weighted by Crippen LogP contribution is 2.46. The lowest BCUT2D eigenvalue weighted by atomic mass is 9.97. The Labute approximate surface area is 236 Å². The first-order chi connectivity index (χ1) is 18.2. The monoisotopic (exact) mass is 621 g/mol. The number of carboxylic acids is 2. The standard InChI is InChI=1S/C26H25BrClN3O6S/c27-21-22(37-14-20(32)33)24(25(34)35)38-23(21)16-4-3-5-17(12-16)29-13-15-8-10-31(11-9-15)26(36)30-19-7-2-1-6-18(19)28/h1-7,12,15,29H,8-11,13-14H2,(H,30,36)(H,32,33)(H,34,35). The number of carbonyl (C=O) groups is 3. The molecule has 1 aromatic heterocycles. The van der Waals surface area contributed by atoms with Crippen LogP contribution >= 0.6 is 38.9 Å². The molecule has 0 bridgehead atoms. The summed E-state index contributed by atoms with van der Waals surface area (Å²) in [6.45, 7) is 1.36. The average Bonchev–Trinajstić information content (AvgIpc) is 3.24. The van der Waals surface area contributed by atoms with Crippen LogP contribution in [-0.4, -0.2) is 59.3 Å². The Balaban J connectivity index is 1.35. The van der Waals surface area contributed by atoms with Crippen molar-refractivity contribution >= 4 is 68.2 Å². The summed E-state index contributed by atoms with van der Waals surface area (Å²) in [5, 5.41) is 25.3. The molecule has 1 fully saturated rings. The maximum absolute atomic E-state index is 12.6. The molecule has 2 aromatic carbocycles. The second-order valence-corrected chi connectivity index (χ2v) is 10.9. The fourth-order valence-electron chi connectivity index (χ4n) is 4.11. The molecule has 0 saturated carbocycles. The van der Waals surface area contributed by atoms with E-state index >= 15 is 0 Å². The van der Waals surface area contributed by atoms with Crippen LogP contribution in [0, 0.1) is 5.92 Å². The number of aromatic carboxylic acids is 1. The van der Waals surface area contributed by atoms with Crippen molar-refractivity contribution in [3.63, 3.8) is 0 Å². The van der Waals surface area contributed by atoms with Gasteiger partial charge in [-0.2, -0.15) is 0 Å². The van der Waals surface area contributed by atoms with Gasteiger partial charge in [0.25, 0.3) is 0 Å². The highest BCUT2D eigenvalue weighted by Gasteiger charge is 2.25. The lowest BCUT2D eigenvalue weighted by Gasteiger charge is -2.32. The van der Waals surface area contributed by atoms with Crippen LogP contribution in [0.5, 0.6) is 5.75 Å². The predicted octanol–water partition coefficient (Wildman–Crippen LogP) is 6.35. The maximum atomic E-state index is 12.6. The van der Waals surface area contributed by atoms with Crippen molar-refractivity contribution in [2.45, 2.75) is 12.8 Å². The molecule has 0 radical (unpaired) electrons. The Kier molecular flexibility index (Phi) is 9.13. The van der Waals surface area contributed by atoms with Crippen LogP contribution < -0.4 is 15.4 Å². The van der Waals surface area contributed by atoms with Crippen LogP contribution in [0.15, 0.2) is 53.0 Å². The molecule has 3 aromatic rings. The molecular formula is C26H25BrClN3O6S. The number of amides is 2. The minimum absolute atomic E-state index is 0.00333. The second kappa shape index (κ2) is 12.5. The largest absolute Gasteiger partial charge is 0.479 e. The lowest BCUT2D eigenvalue weighted by molar-refractivity contribution is -0.139. The fraction of sp³-hybridized carbons (Fsp3) is 0.269. The van der Waals surface area contributed by atoms with Gasteiger partial charge in [-0.3, -0.25) is 0 Å². The summed E-state index contributed by atoms with van der Waals surface area (Å²) < 4.78 is 5.65. The molecule has 4 rings (SSSR count). The molecule has 1 aliphatic heterocycles. The number of piperidine rings is 1. The van der Waals surface area contributed by atoms with Crippen molar-refractivity contribution in [1.29, 1.82) is 0 Å². The molecule has 0 unspecified atom stereocenters. The normalized spacial score (nSPS) is 13.7. The zero-order chi connectivity index (χ0) is 27.2. The van der Waals surface area contributed by atoms with Crippen molar-refractivity contribution < 1.29 is 29.3 Å². The molecule has 0 atom stereocenters. The quantitative estimate of drug-likeness (QED) is 0.219. The maximum Gasteiger partial charge on any atom is 0.349 e. The number of hydrogen-bond donors (Lipinski definition) is 4. The van der Waals surface area contributed by atoms with Crippen LogP contribution in [-0.2, 0) is 4.79 Å². The third-order valence-corrected chi connectivity index (χ3v) is 8.64. The van der Waals surface area contributed by atoms with Gasteiger partial charge in [-0.05, 0) is 64.5 Å². The predicted molar refractivity (Wildman–Crippen MR) is 151 cm³/mol. The molecule has 200 valence electrons. The van der Waals surface area contributed by atoms with Crippen LogP contribution in [0.3, 0.4) is 0 Å². The Morgan fingerprint density at radius 3 is 2.53 bits per heavy atom. The molecule has 1 aliphatic rings. The van der Waals surface area contributed by atoms with E-state index in [2.05, 4.69) is 26.6 Å². The van der Waals surface area contributed by atoms with Gasteiger partial charge in [0.15, 0.2) is 17.2 Å². The Bertz CT molecular complexity index is 1340. The molecule has 0 spiro atoms. The van der Waals surface area contributed by atoms with Crippen LogP contribution in [0.1, 0.15) is 22.5 Å². The number of carboxylic acid groups (broad SMARTS) is 2. The van der Waals surface area contributed by atoms with E-state index in [1.54, 1.807) is 17.0 Å². The second-order valence-electron chi connectivity index (χ2n) is 8.69. The number of para-hydroxylation sites is 1. The third-order valence-electron chi connectivity index (χ3n) is 6.08. The number of likely N-dealkylation sites (tertiary alicyclic amines) is 1. The fourth-order valence-corrected chi connectivity index (χ4v) is 6.19. The Hall–Kier alpha value is -3.28. The summed E-state index contributed by atoms with van der Waals surface area (Å²) in [5.41, 5.74) is 2.23. The van der Waals surface area contributed by atoms with Gasteiger partial charge in [0.05, 0.1) is 20.1 Å². The van der Waals surface area contributed by atoms with Gasteiger partial charge in [0.1, 0.15) is 0 Å². The molecule has 12 heteroatoms. The van der Waals surface area contributed by atoms with E-state index in [1.807, 2.05) is 36.4 Å². The van der Waals surface area contributed by atoms with Gasteiger partial charge in [0, 0.05) is 25.3 Å². The molecule has 4 N–H and O–H groups in total. The number of nitrogens with zero attached hydrogens (tertiary/aromatic N) is 1. The Morgan fingerprint density at radius 1 is 1.11 bits per heavy atom. The smallest absolute Gasteiger partial charge is 0.349 e. The van der Waals surface area contributed by atoms with Crippen LogP contribution in [0.25, 0.3) is 10.4 Å². The van der Waals surface area contributed by atoms with Crippen molar-refractivity contribution in [3.8, 4) is 16.2 Å². The van der Waals surface area contributed by atoms with Gasteiger partial charge in [0.2, 0.25) is 0 Å². The molecule has 1 saturated heterocycles. The first kappa shape index (κ1) is 27.7. The number of nitrogens with one attached hydrogen (secondary N) is 2. The Morgan fingerprint density at radius 2 is 1.84 bits per heavy atom. The summed E-state index contributed by atoms with van der Waals surface area (Å²) in [6.07, 6.45) is 1.71. The van der Waals surface area contributed by atoms with E-state index in [-0.39, 0.29) is 16.7 Å². The molecule has 9 nitrogen and oxygen atoms in total. The van der Waals surface area contributed by atoms with Crippen molar-refractivity contribution in [1.82, 2.24) is 4.90 Å². The average molecular weight is 623 g/mol. The van der Waals surface area contributed by atoms with Crippen LogP contribution in [0.2, 0.25) is 5.02 Å². The highest BCUT2D eigenvalue weighted by atomic mass is 79.9. The van der Waals surface area contributed by atoms with Gasteiger partial charge in [-0.1, -0.05) is 35.9 Å². The third kappa shape index (κ3) is 6.77. The minimum Gasteiger partial charge on any atom is -0.479 e. The SMILES string of the molecule is O=C(O)COc1c(C(=O)O)sc(-c2cccc(NCC3CCN(C(=O)Nc4ccccc4Cl)CC3)c2)c1Br. The number of aliphatic carboxylic acids is 1. The zero-order valence-corrected chi connectivity index (χ0v) is 23.2. The number of hydrogen-bond acceptors (Lipinski definition) is 6. The number of urea groups is 1. The highest BCUT2D eigenvalue weighted by molar-refractivity contribution is 9.10. The number of benzene rings is 2. The van der Waals surface area contributed by atoms with E-state index in [4.69, 9.17) is 21.4 Å². The summed E-state index contributed by atoms with van der Waals surface area (Å²) in [7, 11) is 0. The molecule has 2 heterocycles. The number of thiophene rings is 1. The van der Waals surface area contributed by atoms with E-state index < -0.39 is 18.5 Å². The molecular weight excluding hydrogens is 598 g/mol.